The predicted octanol–water partition coefficient (Wildman–Crippen LogP) is 7.14. The average Bonchev–Trinajstić information content (AvgIpc) is 3.91. The molecule has 19 heteroatoms. The number of anilines is 4. The van der Waals surface area contributed by atoms with Crippen molar-refractivity contribution in [2.24, 2.45) is 14.1 Å². The van der Waals surface area contributed by atoms with Crippen LogP contribution in [0.3, 0.4) is 0 Å². The van der Waals surface area contributed by atoms with Crippen molar-refractivity contribution >= 4 is 52.6 Å². The van der Waals surface area contributed by atoms with E-state index >= 15 is 0 Å². The van der Waals surface area contributed by atoms with Crippen molar-refractivity contribution in [3.8, 4) is 22.6 Å². The number of carbonyl (C=O) groups excluding carboxylic acids is 5. The van der Waals surface area contributed by atoms with Crippen LogP contribution in [0.4, 0.5) is 27.7 Å². The zero-order valence-corrected chi connectivity index (χ0v) is 38.3. The highest BCUT2D eigenvalue weighted by molar-refractivity contribution is 6.06. The molecule has 8 rings (SSSR count). The van der Waals surface area contributed by atoms with Crippen molar-refractivity contribution in [2.45, 2.75) is 69.9 Å². The van der Waals surface area contributed by atoms with Gasteiger partial charge in [-0.15, -0.1) is 0 Å². The molecular formula is C49H55N9O10. The number of nitrogens with zero attached hydrogens (tertiary/aromatic N) is 6. The van der Waals surface area contributed by atoms with Gasteiger partial charge in [-0.3, -0.25) is 24.2 Å². The van der Waals surface area contributed by atoms with Crippen LogP contribution in [0.2, 0.25) is 0 Å². The Hall–Kier alpha value is -7.51. The van der Waals surface area contributed by atoms with Gasteiger partial charge < -0.3 is 53.7 Å². The molecule has 19 nitrogen and oxygen atoms in total. The number of ether oxygens (including phenoxy) is 5. The highest BCUT2D eigenvalue weighted by Gasteiger charge is 2.47. The Morgan fingerprint density at radius 3 is 2.38 bits per heavy atom. The molecule has 2 saturated heterocycles. The first-order valence-corrected chi connectivity index (χ1v) is 22.6. The summed E-state index contributed by atoms with van der Waals surface area (Å²) in [4.78, 5) is 79.1. The molecule has 68 heavy (non-hydrogen) atoms. The van der Waals surface area contributed by atoms with Crippen molar-refractivity contribution in [1.82, 2.24) is 24.0 Å². The number of hydrogen-bond acceptors (Lipinski definition) is 12. The molecule has 3 atom stereocenters. The van der Waals surface area contributed by atoms with Gasteiger partial charge in [-0.1, -0.05) is 24.8 Å². The van der Waals surface area contributed by atoms with E-state index in [9.17, 15) is 24.0 Å². The molecule has 5 aromatic rings. The van der Waals surface area contributed by atoms with E-state index in [2.05, 4.69) is 32.5 Å². The van der Waals surface area contributed by atoms with Crippen molar-refractivity contribution in [3.05, 3.63) is 109 Å². The number of aromatic nitrogens is 4. The highest BCUT2D eigenvalue weighted by Crippen LogP contribution is 2.42. The third-order valence-corrected chi connectivity index (χ3v) is 11.9. The van der Waals surface area contributed by atoms with E-state index in [4.69, 9.17) is 23.7 Å². The number of aryl methyl sites for hydroxylation is 2. The maximum atomic E-state index is 14.3. The number of hydrogen-bond donors (Lipinski definition) is 3. The lowest BCUT2D eigenvalue weighted by molar-refractivity contribution is -0.198. The lowest BCUT2D eigenvalue weighted by Crippen LogP contribution is -2.57. The normalized spacial score (nSPS) is 17.8. The van der Waals surface area contributed by atoms with E-state index < -0.39 is 30.6 Å². The lowest BCUT2D eigenvalue weighted by Gasteiger charge is -2.42. The number of imidazole rings is 1. The molecule has 0 bridgehead atoms. The van der Waals surface area contributed by atoms with Gasteiger partial charge in [-0.25, -0.2) is 14.7 Å². The van der Waals surface area contributed by atoms with Crippen molar-refractivity contribution < 1.29 is 47.7 Å². The van der Waals surface area contributed by atoms with Crippen LogP contribution in [0, 0.1) is 0 Å². The average molecular weight is 930 g/mol. The minimum absolute atomic E-state index is 0.0441. The van der Waals surface area contributed by atoms with Gasteiger partial charge in [0.1, 0.15) is 12.3 Å². The molecule has 0 radical (unpaired) electrons. The van der Waals surface area contributed by atoms with Crippen LogP contribution in [0.25, 0.3) is 11.1 Å². The van der Waals surface area contributed by atoms with Gasteiger partial charge in [-0.05, 0) is 86.9 Å². The Morgan fingerprint density at radius 1 is 0.868 bits per heavy atom. The summed E-state index contributed by atoms with van der Waals surface area (Å²) in [5, 5.41) is 8.46. The van der Waals surface area contributed by atoms with Gasteiger partial charge in [0.2, 0.25) is 11.7 Å². The summed E-state index contributed by atoms with van der Waals surface area (Å²) in [7, 11) is 4.91. The first-order chi connectivity index (χ1) is 33.0. The molecule has 3 aliphatic rings. The predicted molar refractivity (Wildman–Crippen MR) is 252 cm³/mol. The second kappa shape index (κ2) is 21.4. The zero-order valence-electron chi connectivity index (χ0n) is 38.3. The fraction of sp³-hybridized carbons (Fsp3) is 0.367. The first kappa shape index (κ1) is 47.0. The molecule has 6 heterocycles. The summed E-state index contributed by atoms with van der Waals surface area (Å²) >= 11 is 0. The second-order valence-corrected chi connectivity index (χ2v) is 16.6. The van der Waals surface area contributed by atoms with Crippen molar-refractivity contribution in [2.75, 3.05) is 54.3 Å². The molecule has 2 aromatic carbocycles. The molecule has 0 aliphatic carbocycles. The number of benzene rings is 2. The van der Waals surface area contributed by atoms with Crippen LogP contribution < -0.4 is 30.3 Å². The van der Waals surface area contributed by atoms with Gasteiger partial charge in [0.25, 0.3) is 17.7 Å². The maximum absolute atomic E-state index is 14.3. The number of pyridine rings is 1. The highest BCUT2D eigenvalue weighted by atomic mass is 16.7. The van der Waals surface area contributed by atoms with Crippen LogP contribution in [0.15, 0.2) is 92.0 Å². The largest absolute Gasteiger partial charge is 0.493 e. The Kier molecular flexibility index (Phi) is 14.8. The van der Waals surface area contributed by atoms with Crippen molar-refractivity contribution in [3.63, 3.8) is 0 Å². The number of methoxy groups -OCH3 is 1. The van der Waals surface area contributed by atoms with E-state index in [0.29, 0.717) is 43.1 Å². The number of nitrogens with one attached hydrogen (secondary N) is 3. The molecule has 3 aliphatic heterocycles. The van der Waals surface area contributed by atoms with E-state index in [1.807, 2.05) is 18.3 Å². The first-order valence-electron chi connectivity index (χ1n) is 22.6. The second-order valence-electron chi connectivity index (χ2n) is 16.6. The molecule has 5 amide bonds. The number of rotatable bonds is 16. The van der Waals surface area contributed by atoms with Crippen LogP contribution in [-0.2, 0) is 33.1 Å². The number of fused-ring (bicyclic) bond motifs is 2. The minimum atomic E-state index is -0.910. The summed E-state index contributed by atoms with van der Waals surface area (Å²) in [6.45, 7) is 4.73. The Morgan fingerprint density at radius 2 is 1.63 bits per heavy atom. The summed E-state index contributed by atoms with van der Waals surface area (Å²) in [6.07, 6.45) is 10.9. The van der Waals surface area contributed by atoms with Gasteiger partial charge >= 0.3 is 6.09 Å². The van der Waals surface area contributed by atoms with E-state index in [0.717, 1.165) is 36.8 Å². The van der Waals surface area contributed by atoms with E-state index in [1.165, 1.54) is 22.7 Å². The molecule has 2 unspecified atom stereocenters. The quantitative estimate of drug-likeness (QED) is 0.0667. The van der Waals surface area contributed by atoms with Crippen LogP contribution in [0.1, 0.15) is 82.8 Å². The van der Waals surface area contributed by atoms with Gasteiger partial charge in [0.15, 0.2) is 29.8 Å². The summed E-state index contributed by atoms with van der Waals surface area (Å²) in [6, 6.07) is 15.1. The molecular weight excluding hydrogens is 875 g/mol. The van der Waals surface area contributed by atoms with Crippen LogP contribution in [0.5, 0.6) is 11.5 Å². The molecule has 0 spiro atoms. The maximum Gasteiger partial charge on any atom is 0.416 e. The fourth-order valence-corrected chi connectivity index (χ4v) is 8.56. The monoisotopic (exact) mass is 929 g/mol. The summed E-state index contributed by atoms with van der Waals surface area (Å²) in [5.74, 6) is -0.572. The SMILES string of the molecule is C=CCOC(=O)N1c2cc(OCCCC(=O)Nc3cn(C)c(C(=O)Nc4ccc(-c5cc(C(=O)Nc6ccncc6)n(C)c5)cc4)n3)c(OC)cc2C(=O)N2CCCC[C@H]2C1OC1CCCCO1. The summed E-state index contributed by atoms with van der Waals surface area (Å²) < 4.78 is 33.3. The van der Waals surface area contributed by atoms with Crippen LogP contribution in [-0.4, -0.2) is 106 Å². The number of carbonyl (C=O) groups is 5. The number of piperidine rings is 1. The molecule has 3 N–H and O–H groups in total. The number of amides is 5. The third-order valence-electron chi connectivity index (χ3n) is 11.9. The molecule has 2 fully saturated rings. The topological polar surface area (TPSA) is 210 Å². The molecule has 0 saturated carbocycles. The third kappa shape index (κ3) is 10.7. The minimum Gasteiger partial charge on any atom is -0.493 e. The smallest absolute Gasteiger partial charge is 0.416 e. The molecule has 356 valence electrons. The Balaban J connectivity index is 0.886. The molecule has 3 aromatic heterocycles. The van der Waals surface area contributed by atoms with Gasteiger partial charge in [0.05, 0.1) is 31.0 Å². The van der Waals surface area contributed by atoms with E-state index in [1.54, 1.807) is 84.6 Å². The Bertz CT molecular complexity index is 2640. The van der Waals surface area contributed by atoms with Gasteiger partial charge in [-0.2, -0.15) is 0 Å². The van der Waals surface area contributed by atoms with Crippen LogP contribution >= 0.6 is 0 Å². The van der Waals surface area contributed by atoms with E-state index in [-0.39, 0.29) is 78.2 Å². The standard InChI is InChI=1S/C49H55N9O10/c1-5-23-67-49(63)58-37-28-40(39(64-4)27-35(37)47(62)57-22-8-6-11-36(57)48(58)68-43-13-7-9-24-66-43)65-25-10-12-42(59)53-41-30-56(3)44(54-41)46(61)52-33-16-14-31(15-17-33)32-26-38(55(2)29-32)45(60)51-34-18-20-50-21-19-34/h5,14-21,26-30,36,43,48H,1,6-13,22-25H2,2-4H3,(H,52,61)(H,53,59)(H,50,51,60)/t36-,43?,48?/m0/s1. The fourth-order valence-electron chi connectivity index (χ4n) is 8.56. The zero-order chi connectivity index (χ0) is 47.7. The lowest BCUT2D eigenvalue weighted by atomic mass is 10.00. The summed E-state index contributed by atoms with van der Waals surface area (Å²) in [5.41, 5.74) is 3.77. The Labute approximate surface area is 393 Å². The van der Waals surface area contributed by atoms with Gasteiger partial charge in [0, 0.05) is 81.5 Å². The van der Waals surface area contributed by atoms with Crippen molar-refractivity contribution in [1.29, 1.82) is 0 Å².